The molecule has 2 rings (SSSR count). The molecule has 3 N–H and O–H groups in total. The van der Waals surface area contributed by atoms with Crippen LogP contribution in [0.5, 0.6) is 0 Å². The molecular formula is C12H15N3S. The maximum Gasteiger partial charge on any atom is 0.0890 e. The van der Waals surface area contributed by atoms with Gasteiger partial charge in [0.25, 0.3) is 0 Å². The molecule has 1 aromatic heterocycles. The highest BCUT2D eigenvalue weighted by atomic mass is 32.1. The molecule has 84 valence electrons. The molecule has 4 heteroatoms. The Morgan fingerprint density at radius 3 is 2.44 bits per heavy atom. The van der Waals surface area contributed by atoms with E-state index in [1.54, 1.807) is 11.3 Å². The number of benzene rings is 1. The van der Waals surface area contributed by atoms with Crippen molar-refractivity contribution in [2.45, 2.75) is 19.9 Å². The number of nitrogens with zero attached hydrogens (tertiary/aromatic N) is 1. The Morgan fingerprint density at radius 2 is 1.94 bits per heavy atom. The molecule has 0 bridgehead atoms. The van der Waals surface area contributed by atoms with E-state index in [9.17, 15) is 0 Å². The fraction of sp³-hybridized carbons (Fsp3) is 0.250. The maximum absolute atomic E-state index is 5.61. The van der Waals surface area contributed by atoms with E-state index < -0.39 is 0 Å². The lowest BCUT2D eigenvalue weighted by Gasteiger charge is -2.15. The molecule has 1 atom stereocenters. The highest BCUT2D eigenvalue weighted by molar-refractivity contribution is 7.07. The second-order valence-electron chi connectivity index (χ2n) is 3.93. The first-order chi connectivity index (χ1) is 7.70. The molecule has 0 aliphatic carbocycles. The summed E-state index contributed by atoms with van der Waals surface area (Å²) in [5.41, 5.74) is 9.25. The van der Waals surface area contributed by atoms with Crippen LogP contribution in [0.2, 0.25) is 0 Å². The average molecular weight is 233 g/mol. The van der Waals surface area contributed by atoms with Gasteiger partial charge in [-0.2, -0.15) is 0 Å². The quantitative estimate of drug-likeness (QED) is 0.632. The number of nitrogens with two attached hydrogens (primary N) is 1. The molecule has 0 amide bonds. The standard InChI is InChI=1S/C12H15N3S/c1-8-3-9(2)5-10(4-8)12(15-13)11-6-16-7-14-11/h3-7,12,15H,13H2,1-2H3. The minimum atomic E-state index is -0.0233. The Labute approximate surface area is 99.3 Å². The monoisotopic (exact) mass is 233 g/mol. The fourth-order valence-electron chi connectivity index (χ4n) is 1.89. The number of hydrogen-bond acceptors (Lipinski definition) is 4. The molecule has 1 aromatic carbocycles. The number of thiazole rings is 1. The lowest BCUT2D eigenvalue weighted by atomic mass is 10.0. The highest BCUT2D eigenvalue weighted by Gasteiger charge is 2.14. The number of aromatic nitrogens is 1. The Morgan fingerprint density at radius 1 is 1.25 bits per heavy atom. The van der Waals surface area contributed by atoms with Crippen LogP contribution in [0, 0.1) is 13.8 Å². The van der Waals surface area contributed by atoms with Crippen molar-refractivity contribution in [1.82, 2.24) is 10.4 Å². The molecule has 0 radical (unpaired) electrons. The Bertz CT molecular complexity index is 445. The fourth-order valence-corrected chi connectivity index (χ4v) is 2.47. The third kappa shape index (κ3) is 2.29. The van der Waals surface area contributed by atoms with Gasteiger partial charge in [-0.15, -0.1) is 11.3 Å². The summed E-state index contributed by atoms with van der Waals surface area (Å²) in [4.78, 5) is 4.30. The average Bonchev–Trinajstić information content (AvgIpc) is 2.70. The first kappa shape index (κ1) is 11.3. The third-order valence-electron chi connectivity index (χ3n) is 2.49. The molecule has 0 saturated carbocycles. The SMILES string of the molecule is Cc1cc(C)cc(C(NN)c2cscn2)c1. The summed E-state index contributed by atoms with van der Waals surface area (Å²) in [7, 11) is 0. The van der Waals surface area contributed by atoms with Crippen molar-refractivity contribution < 1.29 is 0 Å². The molecule has 3 nitrogen and oxygen atoms in total. The van der Waals surface area contributed by atoms with E-state index in [4.69, 9.17) is 5.84 Å². The van der Waals surface area contributed by atoms with Gasteiger partial charge in [0.15, 0.2) is 0 Å². The van der Waals surface area contributed by atoms with Crippen LogP contribution in [0.3, 0.4) is 0 Å². The Hall–Kier alpha value is -1.23. The van der Waals surface area contributed by atoms with Crippen LogP contribution in [0.25, 0.3) is 0 Å². The number of hydrogen-bond donors (Lipinski definition) is 2. The van der Waals surface area contributed by atoms with Crippen LogP contribution >= 0.6 is 11.3 Å². The van der Waals surface area contributed by atoms with E-state index >= 15 is 0 Å². The molecule has 2 aromatic rings. The minimum absolute atomic E-state index is 0.0233. The smallest absolute Gasteiger partial charge is 0.0890 e. The number of nitrogens with one attached hydrogen (secondary N) is 1. The maximum atomic E-state index is 5.61. The van der Waals surface area contributed by atoms with Gasteiger partial charge in [-0.1, -0.05) is 29.3 Å². The summed E-state index contributed by atoms with van der Waals surface area (Å²) in [6.07, 6.45) is 0. The molecule has 0 spiro atoms. The second-order valence-corrected chi connectivity index (χ2v) is 4.65. The van der Waals surface area contributed by atoms with Gasteiger partial charge in [-0.05, 0) is 19.4 Å². The van der Waals surface area contributed by atoms with Crippen molar-refractivity contribution in [3.8, 4) is 0 Å². The van der Waals surface area contributed by atoms with Crippen LogP contribution < -0.4 is 11.3 Å². The molecule has 0 fully saturated rings. The Balaban J connectivity index is 2.41. The Kier molecular flexibility index (Phi) is 3.33. The van der Waals surface area contributed by atoms with Gasteiger partial charge in [-0.25, -0.2) is 10.4 Å². The zero-order valence-corrected chi connectivity index (χ0v) is 10.2. The normalized spacial score (nSPS) is 12.7. The van der Waals surface area contributed by atoms with E-state index in [-0.39, 0.29) is 6.04 Å². The minimum Gasteiger partial charge on any atom is -0.271 e. The molecular weight excluding hydrogens is 218 g/mol. The predicted octanol–water partition coefficient (Wildman–Crippen LogP) is 2.31. The largest absolute Gasteiger partial charge is 0.271 e. The molecule has 0 aliphatic rings. The van der Waals surface area contributed by atoms with Crippen LogP contribution in [-0.4, -0.2) is 4.98 Å². The van der Waals surface area contributed by atoms with Crippen molar-refractivity contribution in [3.05, 3.63) is 51.5 Å². The summed E-state index contributed by atoms with van der Waals surface area (Å²) in [5, 5.41) is 2.02. The summed E-state index contributed by atoms with van der Waals surface area (Å²) < 4.78 is 0. The van der Waals surface area contributed by atoms with E-state index in [0.717, 1.165) is 11.3 Å². The summed E-state index contributed by atoms with van der Waals surface area (Å²) in [5.74, 6) is 5.61. The molecule has 1 heterocycles. The van der Waals surface area contributed by atoms with Gasteiger partial charge in [0.05, 0.1) is 17.2 Å². The van der Waals surface area contributed by atoms with Crippen LogP contribution in [0.1, 0.15) is 28.4 Å². The summed E-state index contributed by atoms with van der Waals surface area (Å²) in [6.45, 7) is 4.18. The lowest BCUT2D eigenvalue weighted by Crippen LogP contribution is -2.29. The van der Waals surface area contributed by atoms with Gasteiger partial charge in [0, 0.05) is 5.38 Å². The summed E-state index contributed by atoms with van der Waals surface area (Å²) in [6, 6.07) is 6.40. The van der Waals surface area contributed by atoms with Crippen LogP contribution in [0.15, 0.2) is 29.1 Å². The first-order valence-electron chi connectivity index (χ1n) is 5.13. The number of rotatable bonds is 3. The second kappa shape index (κ2) is 4.74. The van der Waals surface area contributed by atoms with Crippen molar-refractivity contribution in [1.29, 1.82) is 0 Å². The van der Waals surface area contributed by atoms with Gasteiger partial charge >= 0.3 is 0 Å². The van der Waals surface area contributed by atoms with E-state index in [2.05, 4.69) is 42.5 Å². The number of hydrazine groups is 1. The van der Waals surface area contributed by atoms with Gasteiger partial charge in [0.2, 0.25) is 0 Å². The van der Waals surface area contributed by atoms with Gasteiger partial charge < -0.3 is 0 Å². The molecule has 0 aliphatic heterocycles. The molecule has 16 heavy (non-hydrogen) atoms. The predicted molar refractivity (Wildman–Crippen MR) is 67.2 cm³/mol. The summed E-state index contributed by atoms with van der Waals surface area (Å²) >= 11 is 1.58. The number of aryl methyl sites for hydroxylation is 2. The van der Waals surface area contributed by atoms with E-state index in [1.165, 1.54) is 11.1 Å². The van der Waals surface area contributed by atoms with E-state index in [0.29, 0.717) is 0 Å². The van der Waals surface area contributed by atoms with Crippen LogP contribution in [0.4, 0.5) is 0 Å². The molecule has 1 unspecified atom stereocenters. The zero-order valence-electron chi connectivity index (χ0n) is 9.40. The third-order valence-corrected chi connectivity index (χ3v) is 3.10. The van der Waals surface area contributed by atoms with Crippen molar-refractivity contribution in [2.24, 2.45) is 5.84 Å². The van der Waals surface area contributed by atoms with Crippen molar-refractivity contribution in [2.75, 3.05) is 0 Å². The van der Waals surface area contributed by atoms with Gasteiger partial charge in [0.1, 0.15) is 0 Å². The topological polar surface area (TPSA) is 50.9 Å². The van der Waals surface area contributed by atoms with Crippen LogP contribution in [-0.2, 0) is 0 Å². The van der Waals surface area contributed by atoms with Gasteiger partial charge in [-0.3, -0.25) is 5.84 Å². The highest BCUT2D eigenvalue weighted by Crippen LogP contribution is 2.23. The van der Waals surface area contributed by atoms with Crippen molar-refractivity contribution >= 4 is 11.3 Å². The zero-order chi connectivity index (χ0) is 11.5. The van der Waals surface area contributed by atoms with Crippen molar-refractivity contribution in [3.63, 3.8) is 0 Å². The molecule has 0 saturated heterocycles. The lowest BCUT2D eigenvalue weighted by molar-refractivity contribution is 0.623. The van der Waals surface area contributed by atoms with E-state index in [1.807, 2.05) is 10.9 Å². The first-order valence-corrected chi connectivity index (χ1v) is 6.07.